The Bertz CT molecular complexity index is 1420. The number of aryl methyl sites for hydroxylation is 1. The zero-order chi connectivity index (χ0) is 33.9. The summed E-state index contributed by atoms with van der Waals surface area (Å²) in [4.78, 5) is 32.0. The fourth-order valence-corrected chi connectivity index (χ4v) is 6.80. The van der Waals surface area contributed by atoms with Gasteiger partial charge in [0.1, 0.15) is 24.4 Å². The number of aliphatic hydroxyl groups excluding tert-OH is 5. The van der Waals surface area contributed by atoms with Crippen LogP contribution in [0.4, 0.5) is 11.4 Å². The van der Waals surface area contributed by atoms with Crippen LogP contribution in [0.25, 0.3) is 0 Å². The standard InChI is InChI=1S/C34H46Cl2N4O7/c1-38(19-28(42)31(45)32(46)29(43)20-41)30(44)9-5-2-6-21-16-25(36)22(17-24(21)35)18-37-34(12-13-34)33(47)40-15-14-39(23-10-11-23)26-7-3-4-8-27(26)40/h3-4,7-8,16-17,23,28-29,31-32,37,41-43,45-46H,2,5-6,9-15,18-20H2,1H3/t28-,29+,31+,32+/m0/s1. The third kappa shape index (κ3) is 8.40. The number of hydrogen-bond acceptors (Lipinski definition) is 9. The molecule has 4 atom stereocenters. The Labute approximate surface area is 285 Å². The van der Waals surface area contributed by atoms with Crippen LogP contribution in [0.5, 0.6) is 0 Å². The molecule has 2 aromatic rings. The van der Waals surface area contributed by atoms with E-state index in [9.17, 15) is 30.0 Å². The third-order valence-corrected chi connectivity index (χ3v) is 10.3. The molecule has 3 aliphatic rings. The number of anilines is 2. The van der Waals surface area contributed by atoms with Crippen LogP contribution in [0.3, 0.4) is 0 Å². The molecule has 1 heterocycles. The summed E-state index contributed by atoms with van der Waals surface area (Å²) < 4.78 is 0. The quantitative estimate of drug-likeness (QED) is 0.145. The van der Waals surface area contributed by atoms with Crippen molar-refractivity contribution in [2.75, 3.05) is 43.1 Å². The molecule has 2 aromatic carbocycles. The van der Waals surface area contributed by atoms with Gasteiger partial charge in [-0.15, -0.1) is 0 Å². The van der Waals surface area contributed by atoms with Gasteiger partial charge in [-0.1, -0.05) is 35.3 Å². The van der Waals surface area contributed by atoms with Gasteiger partial charge in [0.25, 0.3) is 0 Å². The maximum atomic E-state index is 13.9. The molecule has 0 spiro atoms. The van der Waals surface area contributed by atoms with Gasteiger partial charge < -0.3 is 40.2 Å². The highest BCUT2D eigenvalue weighted by atomic mass is 35.5. The van der Waals surface area contributed by atoms with Crippen molar-refractivity contribution in [1.29, 1.82) is 0 Å². The number of halogens is 2. The van der Waals surface area contributed by atoms with Crippen LogP contribution in [0.1, 0.15) is 56.1 Å². The summed E-state index contributed by atoms with van der Waals surface area (Å²) in [5, 5.41) is 52.9. The highest BCUT2D eigenvalue weighted by molar-refractivity contribution is 6.34. The lowest BCUT2D eigenvalue weighted by Crippen LogP contribution is -2.53. The van der Waals surface area contributed by atoms with E-state index in [1.807, 2.05) is 35.2 Å². The van der Waals surface area contributed by atoms with E-state index in [0.29, 0.717) is 48.4 Å². The van der Waals surface area contributed by atoms with Crippen molar-refractivity contribution in [3.8, 4) is 0 Å². The topological polar surface area (TPSA) is 157 Å². The molecule has 0 aromatic heterocycles. The fourth-order valence-electron chi connectivity index (χ4n) is 6.27. The lowest BCUT2D eigenvalue weighted by atomic mass is 10.0. The Balaban J connectivity index is 1.09. The average molecular weight is 694 g/mol. The van der Waals surface area contributed by atoms with Gasteiger partial charge in [-0.05, 0) is 80.3 Å². The first kappa shape index (κ1) is 35.8. The maximum absolute atomic E-state index is 13.9. The molecule has 2 amide bonds. The molecule has 0 saturated heterocycles. The molecule has 11 nitrogen and oxygen atoms in total. The van der Waals surface area contributed by atoms with Crippen molar-refractivity contribution in [1.82, 2.24) is 10.2 Å². The molecular weight excluding hydrogens is 647 g/mol. The van der Waals surface area contributed by atoms with Crippen LogP contribution in [-0.4, -0.2) is 112 Å². The number of carbonyl (C=O) groups excluding carboxylic acids is 2. The molecule has 2 fully saturated rings. The molecule has 13 heteroatoms. The number of unbranched alkanes of at least 4 members (excludes halogenated alkanes) is 1. The van der Waals surface area contributed by atoms with E-state index in [2.05, 4.69) is 16.3 Å². The van der Waals surface area contributed by atoms with Gasteiger partial charge in [0.05, 0.1) is 23.5 Å². The fraction of sp³-hybridized carbons (Fsp3) is 0.588. The zero-order valence-corrected chi connectivity index (χ0v) is 28.2. The van der Waals surface area contributed by atoms with E-state index in [-0.39, 0.29) is 24.8 Å². The monoisotopic (exact) mass is 692 g/mol. The van der Waals surface area contributed by atoms with E-state index in [4.69, 9.17) is 28.3 Å². The van der Waals surface area contributed by atoms with Gasteiger partial charge in [-0.2, -0.15) is 0 Å². The van der Waals surface area contributed by atoms with Gasteiger partial charge in [0.2, 0.25) is 11.8 Å². The summed E-state index contributed by atoms with van der Waals surface area (Å²) in [6.45, 7) is 0.900. The first-order valence-electron chi connectivity index (χ1n) is 16.4. The minimum Gasteiger partial charge on any atom is -0.394 e. The van der Waals surface area contributed by atoms with Crippen LogP contribution < -0.4 is 15.1 Å². The van der Waals surface area contributed by atoms with Crippen LogP contribution >= 0.6 is 23.2 Å². The number of nitrogens with zero attached hydrogens (tertiary/aromatic N) is 3. The Morgan fingerprint density at radius 1 is 0.957 bits per heavy atom. The second-order valence-corrected chi connectivity index (χ2v) is 13.9. The molecule has 1 aliphatic heterocycles. The number of fused-ring (bicyclic) bond motifs is 1. The number of rotatable bonds is 16. The summed E-state index contributed by atoms with van der Waals surface area (Å²) in [5.74, 6) is -0.154. The van der Waals surface area contributed by atoms with Gasteiger partial charge >= 0.3 is 0 Å². The first-order chi connectivity index (χ1) is 22.5. The molecule has 5 rings (SSSR count). The minimum atomic E-state index is -1.74. The third-order valence-electron chi connectivity index (χ3n) is 9.57. The smallest absolute Gasteiger partial charge is 0.247 e. The highest BCUT2D eigenvalue weighted by Crippen LogP contribution is 2.44. The van der Waals surface area contributed by atoms with E-state index in [1.54, 1.807) is 0 Å². The number of carbonyl (C=O) groups is 2. The molecule has 6 N–H and O–H groups in total. The van der Waals surface area contributed by atoms with Crippen LogP contribution in [0.2, 0.25) is 10.0 Å². The Kier molecular flexibility index (Phi) is 11.7. The lowest BCUT2D eigenvalue weighted by Gasteiger charge is -2.39. The Hall–Kier alpha value is -2.48. The number of amides is 2. The summed E-state index contributed by atoms with van der Waals surface area (Å²) >= 11 is 13.3. The van der Waals surface area contributed by atoms with E-state index in [0.717, 1.165) is 41.9 Å². The zero-order valence-electron chi connectivity index (χ0n) is 26.7. The molecule has 258 valence electrons. The van der Waals surface area contributed by atoms with Gasteiger partial charge in [0.15, 0.2) is 0 Å². The number of aliphatic hydroxyl groups is 5. The molecular formula is C34H46Cl2N4O7. The summed E-state index contributed by atoms with van der Waals surface area (Å²) in [7, 11) is 1.48. The van der Waals surface area contributed by atoms with Gasteiger partial charge in [0, 0.05) is 55.7 Å². The van der Waals surface area contributed by atoms with Crippen molar-refractivity contribution in [2.45, 2.75) is 93.9 Å². The lowest BCUT2D eigenvalue weighted by molar-refractivity contribution is -0.138. The predicted octanol–water partition coefficient (Wildman–Crippen LogP) is 2.24. The number of para-hydroxylation sites is 2. The molecule has 47 heavy (non-hydrogen) atoms. The number of hydrogen-bond donors (Lipinski definition) is 6. The van der Waals surface area contributed by atoms with Crippen LogP contribution in [-0.2, 0) is 22.6 Å². The number of benzene rings is 2. The largest absolute Gasteiger partial charge is 0.394 e. The van der Waals surface area contributed by atoms with Crippen molar-refractivity contribution in [2.24, 2.45) is 0 Å². The van der Waals surface area contributed by atoms with E-state index < -0.39 is 36.6 Å². The second-order valence-electron chi connectivity index (χ2n) is 13.1. The Morgan fingerprint density at radius 3 is 2.26 bits per heavy atom. The van der Waals surface area contributed by atoms with E-state index in [1.165, 1.54) is 24.8 Å². The normalized spacial score (nSPS) is 19.5. The summed E-state index contributed by atoms with van der Waals surface area (Å²) in [5.41, 5.74) is 3.18. The molecule has 0 unspecified atom stereocenters. The van der Waals surface area contributed by atoms with E-state index >= 15 is 0 Å². The van der Waals surface area contributed by atoms with Crippen molar-refractivity contribution >= 4 is 46.4 Å². The maximum Gasteiger partial charge on any atom is 0.247 e. The predicted molar refractivity (Wildman–Crippen MR) is 181 cm³/mol. The van der Waals surface area contributed by atoms with Gasteiger partial charge in [-0.25, -0.2) is 0 Å². The minimum absolute atomic E-state index is 0.100. The van der Waals surface area contributed by atoms with Gasteiger partial charge in [-0.3, -0.25) is 14.9 Å². The summed E-state index contributed by atoms with van der Waals surface area (Å²) in [6.07, 6.45) is -0.614. The Morgan fingerprint density at radius 2 is 1.60 bits per heavy atom. The molecule has 2 saturated carbocycles. The molecule has 2 aliphatic carbocycles. The van der Waals surface area contributed by atoms with Crippen molar-refractivity contribution in [3.63, 3.8) is 0 Å². The van der Waals surface area contributed by atoms with Crippen LogP contribution in [0.15, 0.2) is 36.4 Å². The molecule has 0 radical (unpaired) electrons. The van der Waals surface area contributed by atoms with Crippen molar-refractivity contribution < 1.29 is 35.1 Å². The first-order valence-corrected chi connectivity index (χ1v) is 17.2. The number of nitrogens with one attached hydrogen (secondary N) is 1. The average Bonchev–Trinajstić information content (AvgIpc) is 4.01. The van der Waals surface area contributed by atoms with Crippen molar-refractivity contribution in [3.05, 3.63) is 57.6 Å². The summed E-state index contributed by atoms with van der Waals surface area (Å²) in [6, 6.07) is 12.4. The number of likely N-dealkylation sites (N-methyl/N-ethyl adjacent to an activating group) is 1. The van der Waals surface area contributed by atoms with Crippen LogP contribution in [0, 0.1) is 0 Å². The molecule has 0 bridgehead atoms. The SMILES string of the molecule is CN(C[C@H](O)[C@@H](O)[C@H](O)[C@H](O)CO)C(=O)CCCCc1cc(Cl)c(CNC2(C(=O)N3CCN(C4CC4)c4ccccc43)CC2)cc1Cl. The second kappa shape index (κ2) is 15.4. The highest BCUT2D eigenvalue weighted by Gasteiger charge is 2.52.